The van der Waals surface area contributed by atoms with Gasteiger partial charge in [0.15, 0.2) is 0 Å². The first-order valence-corrected chi connectivity index (χ1v) is 7.93. The molecular weight excluding hydrogens is 292 g/mol. The van der Waals surface area contributed by atoms with Gasteiger partial charge in [0.05, 0.1) is 12.3 Å². The summed E-state index contributed by atoms with van der Waals surface area (Å²) in [5.41, 5.74) is 3.03. The molecule has 5 nitrogen and oxygen atoms in total. The highest BCUT2D eigenvalue weighted by molar-refractivity contribution is 5.91. The summed E-state index contributed by atoms with van der Waals surface area (Å²) in [5.74, 6) is 1.18. The Kier molecular flexibility index (Phi) is 5.79. The number of carbonyl (C=O) groups excluding carboxylic acids is 1. The van der Waals surface area contributed by atoms with Gasteiger partial charge in [0.2, 0.25) is 5.76 Å². The van der Waals surface area contributed by atoms with Gasteiger partial charge in [-0.25, -0.2) is 0 Å². The van der Waals surface area contributed by atoms with Gasteiger partial charge in [-0.05, 0) is 37.3 Å². The first-order chi connectivity index (χ1) is 11.0. The molecule has 2 rings (SSSR count). The molecule has 1 amide bonds. The predicted octanol–water partition coefficient (Wildman–Crippen LogP) is 3.61. The predicted molar refractivity (Wildman–Crippen MR) is 89.0 cm³/mol. The van der Waals surface area contributed by atoms with Gasteiger partial charge in [0.25, 0.3) is 5.91 Å². The molecule has 23 heavy (non-hydrogen) atoms. The molecule has 0 atom stereocenters. The van der Waals surface area contributed by atoms with Gasteiger partial charge in [-0.1, -0.05) is 37.2 Å². The van der Waals surface area contributed by atoms with E-state index in [0.717, 1.165) is 29.0 Å². The maximum Gasteiger partial charge on any atom is 0.289 e. The highest BCUT2D eigenvalue weighted by Crippen LogP contribution is 2.22. The number of carbonyl (C=O) groups is 1. The Morgan fingerprint density at radius 3 is 2.61 bits per heavy atom. The second-order valence-electron chi connectivity index (χ2n) is 5.95. The van der Waals surface area contributed by atoms with Gasteiger partial charge in [0, 0.05) is 12.6 Å². The van der Waals surface area contributed by atoms with Crippen LogP contribution in [0.2, 0.25) is 0 Å². The molecule has 5 heteroatoms. The number of aryl methyl sites for hydroxylation is 2. The Morgan fingerprint density at radius 2 is 2.00 bits per heavy atom. The lowest BCUT2D eigenvalue weighted by molar-refractivity contribution is 0.0914. The number of hydrogen-bond donors (Lipinski definition) is 1. The summed E-state index contributed by atoms with van der Waals surface area (Å²) in [6.07, 6.45) is 0.727. The molecule has 0 saturated heterocycles. The number of nitrogens with one attached hydrogen (secondary N) is 1. The first kappa shape index (κ1) is 17.1. The molecule has 0 aliphatic heterocycles. The van der Waals surface area contributed by atoms with E-state index in [4.69, 9.17) is 9.26 Å². The Bertz CT molecular complexity index is 642. The average molecular weight is 316 g/mol. The molecule has 1 aromatic heterocycles. The van der Waals surface area contributed by atoms with E-state index < -0.39 is 0 Å². The molecule has 2 aromatic rings. The average Bonchev–Trinajstić information content (AvgIpc) is 2.99. The Hall–Kier alpha value is -2.30. The van der Waals surface area contributed by atoms with Gasteiger partial charge < -0.3 is 14.6 Å². The van der Waals surface area contributed by atoms with Gasteiger partial charge >= 0.3 is 0 Å². The molecule has 0 fully saturated rings. The van der Waals surface area contributed by atoms with Crippen LogP contribution in [0.25, 0.3) is 0 Å². The smallest absolute Gasteiger partial charge is 0.289 e. The lowest BCUT2D eigenvalue weighted by Gasteiger charge is -2.11. The topological polar surface area (TPSA) is 64.4 Å². The third kappa shape index (κ3) is 4.58. The number of para-hydroxylation sites is 1. The SMILES string of the molecule is Cc1cccc(C)c1OCCCNC(=O)c1cc(C(C)C)no1. The number of amides is 1. The van der Waals surface area contributed by atoms with Crippen molar-refractivity contribution in [3.8, 4) is 5.75 Å². The monoisotopic (exact) mass is 316 g/mol. The summed E-state index contributed by atoms with van der Waals surface area (Å²) < 4.78 is 10.9. The zero-order valence-electron chi connectivity index (χ0n) is 14.2. The van der Waals surface area contributed by atoms with Crippen molar-refractivity contribution in [2.24, 2.45) is 0 Å². The highest BCUT2D eigenvalue weighted by atomic mass is 16.5. The number of nitrogens with zero attached hydrogens (tertiary/aromatic N) is 1. The zero-order chi connectivity index (χ0) is 16.8. The molecule has 0 saturated carbocycles. The van der Waals surface area contributed by atoms with Crippen molar-refractivity contribution >= 4 is 5.91 Å². The highest BCUT2D eigenvalue weighted by Gasteiger charge is 2.14. The van der Waals surface area contributed by atoms with E-state index in [2.05, 4.69) is 10.5 Å². The summed E-state index contributed by atoms with van der Waals surface area (Å²) in [7, 11) is 0. The zero-order valence-corrected chi connectivity index (χ0v) is 14.2. The van der Waals surface area contributed by atoms with Crippen molar-refractivity contribution in [2.45, 2.75) is 40.0 Å². The van der Waals surface area contributed by atoms with E-state index in [1.165, 1.54) is 0 Å². The van der Waals surface area contributed by atoms with Crippen molar-refractivity contribution in [2.75, 3.05) is 13.2 Å². The standard InChI is InChI=1S/C18H24N2O3/c1-12(2)15-11-16(23-20-15)18(21)19-9-6-10-22-17-13(3)7-5-8-14(17)4/h5,7-8,11-12H,6,9-10H2,1-4H3,(H,19,21). The van der Waals surface area contributed by atoms with Crippen molar-refractivity contribution in [3.05, 3.63) is 46.8 Å². The van der Waals surface area contributed by atoms with E-state index in [1.54, 1.807) is 6.07 Å². The molecule has 0 aliphatic rings. The van der Waals surface area contributed by atoms with E-state index in [0.29, 0.717) is 13.2 Å². The van der Waals surface area contributed by atoms with E-state index in [-0.39, 0.29) is 17.6 Å². The van der Waals surface area contributed by atoms with Crippen LogP contribution in [0.15, 0.2) is 28.8 Å². The fraction of sp³-hybridized carbons (Fsp3) is 0.444. The molecule has 0 unspecified atom stereocenters. The van der Waals surface area contributed by atoms with Gasteiger partial charge in [-0.15, -0.1) is 0 Å². The minimum atomic E-state index is -0.239. The van der Waals surface area contributed by atoms with Crippen molar-refractivity contribution in [3.63, 3.8) is 0 Å². The third-order valence-corrected chi connectivity index (χ3v) is 3.61. The van der Waals surface area contributed by atoms with Crippen LogP contribution in [0.1, 0.15) is 53.6 Å². The molecule has 124 valence electrons. The molecule has 0 aliphatic carbocycles. The van der Waals surface area contributed by atoms with Crippen molar-refractivity contribution in [1.29, 1.82) is 0 Å². The van der Waals surface area contributed by atoms with Crippen molar-refractivity contribution < 1.29 is 14.1 Å². The van der Waals surface area contributed by atoms with E-state index >= 15 is 0 Å². The van der Waals surface area contributed by atoms with Crippen LogP contribution in [0.4, 0.5) is 0 Å². The van der Waals surface area contributed by atoms with Gasteiger partial charge in [-0.2, -0.15) is 0 Å². The summed E-state index contributed by atoms with van der Waals surface area (Å²) in [5, 5.41) is 6.69. The minimum absolute atomic E-state index is 0.239. The summed E-state index contributed by atoms with van der Waals surface area (Å²) >= 11 is 0. The Balaban J connectivity index is 1.74. The number of hydrogen-bond acceptors (Lipinski definition) is 4. The first-order valence-electron chi connectivity index (χ1n) is 7.93. The fourth-order valence-electron chi connectivity index (χ4n) is 2.23. The molecule has 1 heterocycles. The van der Waals surface area contributed by atoms with Gasteiger partial charge in [0.1, 0.15) is 5.75 Å². The van der Waals surface area contributed by atoms with E-state index in [9.17, 15) is 4.79 Å². The minimum Gasteiger partial charge on any atom is -0.493 e. The molecule has 1 aromatic carbocycles. The molecule has 0 spiro atoms. The number of benzene rings is 1. The molecule has 1 N–H and O–H groups in total. The van der Waals surface area contributed by atoms with Crippen LogP contribution in [0.5, 0.6) is 5.75 Å². The lowest BCUT2D eigenvalue weighted by atomic mass is 10.1. The normalized spacial score (nSPS) is 10.8. The maximum absolute atomic E-state index is 11.9. The summed E-state index contributed by atoms with van der Waals surface area (Å²) in [4.78, 5) is 11.9. The second kappa shape index (κ2) is 7.81. The number of ether oxygens (including phenoxy) is 1. The third-order valence-electron chi connectivity index (χ3n) is 3.61. The molecule has 0 radical (unpaired) electrons. The largest absolute Gasteiger partial charge is 0.493 e. The summed E-state index contributed by atoms with van der Waals surface area (Å²) in [6.45, 7) is 9.15. The van der Waals surface area contributed by atoms with Gasteiger partial charge in [-0.3, -0.25) is 4.79 Å². The van der Waals surface area contributed by atoms with Crippen LogP contribution in [0.3, 0.4) is 0 Å². The van der Waals surface area contributed by atoms with Crippen LogP contribution in [-0.2, 0) is 0 Å². The quantitative estimate of drug-likeness (QED) is 0.793. The Morgan fingerprint density at radius 1 is 1.30 bits per heavy atom. The van der Waals surface area contributed by atoms with Crippen LogP contribution < -0.4 is 10.1 Å². The second-order valence-corrected chi connectivity index (χ2v) is 5.95. The summed E-state index contributed by atoms with van der Waals surface area (Å²) in [6, 6.07) is 7.76. The van der Waals surface area contributed by atoms with E-state index in [1.807, 2.05) is 45.9 Å². The Labute approximate surface area is 137 Å². The fourth-order valence-corrected chi connectivity index (χ4v) is 2.23. The lowest BCUT2D eigenvalue weighted by Crippen LogP contribution is -2.25. The molecular formula is C18H24N2O3. The maximum atomic E-state index is 11.9. The number of rotatable bonds is 7. The molecule has 0 bridgehead atoms. The van der Waals surface area contributed by atoms with Crippen LogP contribution >= 0.6 is 0 Å². The van der Waals surface area contributed by atoms with Crippen molar-refractivity contribution in [1.82, 2.24) is 10.5 Å². The number of aromatic nitrogens is 1. The van der Waals surface area contributed by atoms with Crippen LogP contribution in [-0.4, -0.2) is 24.2 Å². The van der Waals surface area contributed by atoms with Crippen LogP contribution in [0, 0.1) is 13.8 Å².